The average Bonchev–Trinajstić information content (AvgIpc) is 2.99. The van der Waals surface area contributed by atoms with E-state index in [0.29, 0.717) is 18.7 Å². The van der Waals surface area contributed by atoms with Crippen LogP contribution in [0.25, 0.3) is 0 Å². The summed E-state index contributed by atoms with van der Waals surface area (Å²) in [6, 6.07) is 6.15. The summed E-state index contributed by atoms with van der Waals surface area (Å²) in [5, 5.41) is 2.72. The molecule has 1 fully saturated rings. The molecule has 1 saturated heterocycles. The van der Waals surface area contributed by atoms with Crippen molar-refractivity contribution >= 4 is 21.6 Å². The van der Waals surface area contributed by atoms with Gasteiger partial charge >= 0.3 is 0 Å². The SMILES string of the molecule is CCCC(=O)Nc1ccc(S(=O)(=O)NC[C@@H]2CCCO2)cc1. The zero-order valence-corrected chi connectivity index (χ0v) is 13.5. The summed E-state index contributed by atoms with van der Waals surface area (Å²) in [5.74, 6) is -0.0744. The number of anilines is 1. The highest BCUT2D eigenvalue weighted by Crippen LogP contribution is 2.16. The second kappa shape index (κ2) is 7.71. The van der Waals surface area contributed by atoms with Gasteiger partial charge in [-0.2, -0.15) is 0 Å². The Morgan fingerprint density at radius 2 is 2.05 bits per heavy atom. The predicted octanol–water partition coefficient (Wildman–Crippen LogP) is 1.88. The summed E-state index contributed by atoms with van der Waals surface area (Å²) in [4.78, 5) is 11.7. The zero-order chi connectivity index (χ0) is 16.0. The standard InChI is InChI=1S/C15H22N2O4S/c1-2-4-15(18)17-12-6-8-14(9-7-12)22(19,20)16-11-13-5-3-10-21-13/h6-9,13,16H,2-5,10-11H2,1H3,(H,17,18)/t13-/m0/s1. The van der Waals surface area contributed by atoms with Crippen LogP contribution in [-0.4, -0.2) is 33.6 Å². The minimum atomic E-state index is -3.55. The first-order valence-electron chi connectivity index (χ1n) is 7.52. The highest BCUT2D eigenvalue weighted by molar-refractivity contribution is 7.89. The maximum Gasteiger partial charge on any atom is 0.240 e. The summed E-state index contributed by atoms with van der Waals surface area (Å²) in [6.07, 6.45) is 3.03. The van der Waals surface area contributed by atoms with Gasteiger partial charge in [-0.3, -0.25) is 4.79 Å². The van der Waals surface area contributed by atoms with Crippen LogP contribution in [0.2, 0.25) is 0 Å². The first kappa shape index (κ1) is 16.9. The normalized spacial score (nSPS) is 18.3. The van der Waals surface area contributed by atoms with Gasteiger partial charge in [-0.15, -0.1) is 0 Å². The van der Waals surface area contributed by atoms with Crippen molar-refractivity contribution in [1.82, 2.24) is 4.72 Å². The van der Waals surface area contributed by atoms with Crippen molar-refractivity contribution in [3.8, 4) is 0 Å². The molecule has 122 valence electrons. The number of nitrogens with one attached hydrogen (secondary N) is 2. The van der Waals surface area contributed by atoms with Crippen molar-refractivity contribution in [2.75, 3.05) is 18.5 Å². The van der Waals surface area contributed by atoms with Gasteiger partial charge in [-0.05, 0) is 43.5 Å². The zero-order valence-electron chi connectivity index (χ0n) is 12.7. The van der Waals surface area contributed by atoms with Crippen LogP contribution >= 0.6 is 0 Å². The van der Waals surface area contributed by atoms with E-state index in [2.05, 4.69) is 10.0 Å². The van der Waals surface area contributed by atoms with Crippen molar-refractivity contribution in [2.45, 2.75) is 43.6 Å². The number of carbonyl (C=O) groups is 1. The number of amides is 1. The summed E-state index contributed by atoms with van der Waals surface area (Å²) in [5.41, 5.74) is 0.594. The Hall–Kier alpha value is -1.44. The lowest BCUT2D eigenvalue weighted by Gasteiger charge is -2.12. The van der Waals surface area contributed by atoms with Gasteiger partial charge in [0.15, 0.2) is 0 Å². The monoisotopic (exact) mass is 326 g/mol. The van der Waals surface area contributed by atoms with Crippen LogP contribution < -0.4 is 10.0 Å². The molecule has 0 spiro atoms. The Morgan fingerprint density at radius 3 is 2.64 bits per heavy atom. The van der Waals surface area contributed by atoms with E-state index in [1.807, 2.05) is 6.92 Å². The smallest absolute Gasteiger partial charge is 0.240 e. The first-order valence-corrected chi connectivity index (χ1v) is 9.01. The molecule has 1 aromatic rings. The molecule has 0 radical (unpaired) electrons. The molecule has 0 aliphatic carbocycles. The average molecular weight is 326 g/mol. The number of hydrogen-bond donors (Lipinski definition) is 2. The Kier molecular flexibility index (Phi) is 5.93. The van der Waals surface area contributed by atoms with Crippen LogP contribution in [-0.2, 0) is 19.6 Å². The van der Waals surface area contributed by atoms with Gasteiger partial charge in [0, 0.05) is 25.3 Å². The molecule has 6 nitrogen and oxygen atoms in total. The van der Waals surface area contributed by atoms with E-state index in [9.17, 15) is 13.2 Å². The molecule has 1 heterocycles. The Bertz CT molecular complexity index is 592. The molecule has 22 heavy (non-hydrogen) atoms. The van der Waals surface area contributed by atoms with Crippen molar-refractivity contribution in [3.05, 3.63) is 24.3 Å². The predicted molar refractivity (Wildman–Crippen MR) is 84.1 cm³/mol. The maximum absolute atomic E-state index is 12.2. The largest absolute Gasteiger partial charge is 0.377 e. The molecule has 0 aromatic heterocycles. The van der Waals surface area contributed by atoms with Crippen LogP contribution in [0, 0.1) is 0 Å². The van der Waals surface area contributed by atoms with Crippen LogP contribution in [0.5, 0.6) is 0 Å². The molecule has 1 aliphatic heterocycles. The second-order valence-electron chi connectivity index (χ2n) is 5.31. The summed E-state index contributed by atoms with van der Waals surface area (Å²) in [7, 11) is -3.55. The first-order chi connectivity index (χ1) is 10.5. The Labute approximate surface area is 131 Å². The van der Waals surface area contributed by atoms with Crippen LogP contribution in [0.3, 0.4) is 0 Å². The highest BCUT2D eigenvalue weighted by atomic mass is 32.2. The molecule has 7 heteroatoms. The van der Waals surface area contributed by atoms with Crippen LogP contribution in [0.4, 0.5) is 5.69 Å². The third kappa shape index (κ3) is 4.79. The molecule has 2 rings (SSSR count). The molecule has 0 bridgehead atoms. The van der Waals surface area contributed by atoms with Crippen molar-refractivity contribution < 1.29 is 17.9 Å². The third-order valence-corrected chi connectivity index (χ3v) is 4.89. The third-order valence-electron chi connectivity index (χ3n) is 3.45. The van der Waals surface area contributed by atoms with E-state index in [4.69, 9.17) is 4.74 Å². The van der Waals surface area contributed by atoms with E-state index in [-0.39, 0.29) is 23.5 Å². The number of hydrogen-bond acceptors (Lipinski definition) is 4. The van der Waals surface area contributed by atoms with E-state index in [0.717, 1.165) is 19.3 Å². The quantitative estimate of drug-likeness (QED) is 0.801. The number of ether oxygens (including phenoxy) is 1. The fourth-order valence-corrected chi connectivity index (χ4v) is 3.33. The van der Waals surface area contributed by atoms with E-state index in [1.54, 1.807) is 12.1 Å². The van der Waals surface area contributed by atoms with Gasteiger partial charge in [-0.25, -0.2) is 13.1 Å². The number of benzene rings is 1. The number of rotatable bonds is 7. The minimum absolute atomic E-state index is 0.0395. The van der Waals surface area contributed by atoms with Crippen molar-refractivity contribution in [3.63, 3.8) is 0 Å². The molecule has 1 amide bonds. The fourth-order valence-electron chi connectivity index (χ4n) is 2.26. The van der Waals surface area contributed by atoms with Gasteiger partial charge < -0.3 is 10.1 Å². The summed E-state index contributed by atoms with van der Waals surface area (Å²) < 4.78 is 32.3. The lowest BCUT2D eigenvalue weighted by Crippen LogP contribution is -2.31. The van der Waals surface area contributed by atoms with E-state index in [1.165, 1.54) is 12.1 Å². The fraction of sp³-hybridized carbons (Fsp3) is 0.533. The van der Waals surface area contributed by atoms with Crippen LogP contribution in [0.15, 0.2) is 29.2 Å². The Balaban J connectivity index is 1.94. The van der Waals surface area contributed by atoms with Gasteiger partial charge in [0.1, 0.15) is 0 Å². The lowest BCUT2D eigenvalue weighted by molar-refractivity contribution is -0.116. The molecule has 1 atom stereocenters. The number of sulfonamides is 1. The summed E-state index contributed by atoms with van der Waals surface area (Å²) >= 11 is 0. The van der Waals surface area contributed by atoms with Crippen LogP contribution in [0.1, 0.15) is 32.6 Å². The summed E-state index contributed by atoms with van der Waals surface area (Å²) in [6.45, 7) is 2.91. The molecule has 2 N–H and O–H groups in total. The molecule has 1 aromatic carbocycles. The van der Waals surface area contributed by atoms with Crippen molar-refractivity contribution in [1.29, 1.82) is 0 Å². The lowest BCUT2D eigenvalue weighted by atomic mass is 10.2. The number of carbonyl (C=O) groups excluding carboxylic acids is 1. The topological polar surface area (TPSA) is 84.5 Å². The maximum atomic E-state index is 12.2. The highest BCUT2D eigenvalue weighted by Gasteiger charge is 2.20. The van der Waals surface area contributed by atoms with Gasteiger partial charge in [0.2, 0.25) is 15.9 Å². The minimum Gasteiger partial charge on any atom is -0.377 e. The second-order valence-corrected chi connectivity index (χ2v) is 7.08. The molecule has 1 aliphatic rings. The van der Waals surface area contributed by atoms with Gasteiger partial charge in [-0.1, -0.05) is 6.92 Å². The van der Waals surface area contributed by atoms with Gasteiger partial charge in [0.25, 0.3) is 0 Å². The molecule has 0 unspecified atom stereocenters. The molecule has 0 saturated carbocycles. The molecular formula is C15H22N2O4S. The molecular weight excluding hydrogens is 304 g/mol. The van der Waals surface area contributed by atoms with E-state index < -0.39 is 10.0 Å². The van der Waals surface area contributed by atoms with E-state index >= 15 is 0 Å². The Morgan fingerprint density at radius 1 is 1.32 bits per heavy atom. The van der Waals surface area contributed by atoms with Gasteiger partial charge in [0.05, 0.1) is 11.0 Å². The van der Waals surface area contributed by atoms with Crippen molar-refractivity contribution in [2.24, 2.45) is 0 Å².